The summed E-state index contributed by atoms with van der Waals surface area (Å²) in [4.78, 5) is 0. The second kappa shape index (κ2) is 3.88. The van der Waals surface area contributed by atoms with Crippen molar-refractivity contribution in [2.75, 3.05) is 6.26 Å². The van der Waals surface area contributed by atoms with Crippen molar-refractivity contribution in [2.45, 2.75) is 10.8 Å². The van der Waals surface area contributed by atoms with Crippen molar-refractivity contribution < 1.29 is 9.50 Å². The molecular formula is C10H9FOS2. The third-order valence-corrected chi connectivity index (χ3v) is 4.26. The third kappa shape index (κ3) is 1.54. The normalized spacial score (nSPS) is 11.1. The number of fused-ring (bicyclic) bond motifs is 1. The van der Waals surface area contributed by atoms with E-state index in [0.29, 0.717) is 10.3 Å². The lowest BCUT2D eigenvalue weighted by Gasteiger charge is -1.98. The monoisotopic (exact) mass is 228 g/mol. The van der Waals surface area contributed by atoms with Gasteiger partial charge in [-0.2, -0.15) is 0 Å². The molecule has 0 amide bonds. The molecular weight excluding hydrogens is 219 g/mol. The molecule has 2 aromatic rings. The van der Waals surface area contributed by atoms with Gasteiger partial charge in [-0.05, 0) is 17.7 Å². The molecule has 0 unspecified atom stereocenters. The number of aliphatic hydroxyl groups excluding tert-OH is 1. The first kappa shape index (κ1) is 9.96. The highest BCUT2D eigenvalue weighted by Crippen LogP contribution is 2.34. The summed E-state index contributed by atoms with van der Waals surface area (Å²) in [6, 6.07) is 5.45. The second-order valence-electron chi connectivity index (χ2n) is 2.88. The van der Waals surface area contributed by atoms with Crippen LogP contribution >= 0.6 is 23.1 Å². The van der Waals surface area contributed by atoms with Crippen LogP contribution in [0.5, 0.6) is 0 Å². The summed E-state index contributed by atoms with van der Waals surface area (Å²) in [5.74, 6) is -0.282. The Balaban J connectivity index is 2.68. The Hall–Kier alpha value is -0.580. The first-order valence-corrected chi connectivity index (χ1v) is 6.16. The summed E-state index contributed by atoms with van der Waals surface area (Å²) in [6.45, 7) is -0.242. The van der Waals surface area contributed by atoms with Crippen LogP contribution in [0.4, 0.5) is 4.39 Å². The Kier molecular flexibility index (Phi) is 2.76. The summed E-state index contributed by atoms with van der Waals surface area (Å²) < 4.78 is 15.4. The Morgan fingerprint density at radius 3 is 2.93 bits per heavy atom. The minimum Gasteiger partial charge on any atom is -0.392 e. The van der Waals surface area contributed by atoms with Crippen molar-refractivity contribution in [1.82, 2.24) is 0 Å². The van der Waals surface area contributed by atoms with Gasteiger partial charge in [0.15, 0.2) is 0 Å². The fourth-order valence-electron chi connectivity index (χ4n) is 1.31. The predicted octanol–water partition coefficient (Wildman–Crippen LogP) is 3.25. The molecule has 0 atom stereocenters. The number of rotatable bonds is 2. The van der Waals surface area contributed by atoms with Crippen molar-refractivity contribution in [3.8, 4) is 0 Å². The largest absolute Gasteiger partial charge is 0.392 e. The molecule has 0 bridgehead atoms. The van der Waals surface area contributed by atoms with E-state index in [4.69, 9.17) is 5.11 Å². The van der Waals surface area contributed by atoms with Crippen LogP contribution in [-0.2, 0) is 6.61 Å². The molecule has 0 aliphatic heterocycles. The molecule has 0 fully saturated rings. The quantitative estimate of drug-likeness (QED) is 0.796. The topological polar surface area (TPSA) is 20.2 Å². The van der Waals surface area contributed by atoms with Gasteiger partial charge in [0.1, 0.15) is 5.82 Å². The molecule has 0 saturated carbocycles. The molecule has 0 radical (unpaired) electrons. The molecule has 74 valence electrons. The maximum atomic E-state index is 13.7. The molecule has 1 N–H and O–H groups in total. The lowest BCUT2D eigenvalue weighted by molar-refractivity contribution is 0.276. The average molecular weight is 228 g/mol. The highest BCUT2D eigenvalue weighted by molar-refractivity contribution is 8.00. The van der Waals surface area contributed by atoms with Crippen LogP contribution in [0.3, 0.4) is 0 Å². The van der Waals surface area contributed by atoms with E-state index in [1.54, 1.807) is 17.8 Å². The van der Waals surface area contributed by atoms with Crippen molar-refractivity contribution in [1.29, 1.82) is 0 Å². The number of halogens is 1. The number of aliphatic hydroxyl groups is 1. The lowest BCUT2D eigenvalue weighted by atomic mass is 10.2. The smallest absolute Gasteiger partial charge is 0.146 e. The van der Waals surface area contributed by atoms with Gasteiger partial charge in [0.2, 0.25) is 0 Å². The van der Waals surface area contributed by atoms with Gasteiger partial charge in [0.25, 0.3) is 0 Å². The molecule has 0 spiro atoms. The van der Waals surface area contributed by atoms with Crippen LogP contribution in [0.15, 0.2) is 22.4 Å². The number of hydrogen-bond donors (Lipinski definition) is 1. The Labute approximate surface area is 89.6 Å². The lowest BCUT2D eigenvalue weighted by Crippen LogP contribution is -1.88. The maximum absolute atomic E-state index is 13.7. The predicted molar refractivity (Wildman–Crippen MR) is 59.5 cm³/mol. The summed E-state index contributed by atoms with van der Waals surface area (Å²) >= 11 is 3.04. The number of thiophene rings is 1. The third-order valence-electron chi connectivity index (χ3n) is 2.06. The van der Waals surface area contributed by atoms with Crippen molar-refractivity contribution in [3.05, 3.63) is 29.6 Å². The zero-order valence-electron chi connectivity index (χ0n) is 7.58. The standard InChI is InChI=1S/C10H9FOS2/c1-13-8-4-6-2-3-7(5-12)9(11)10(6)14-8/h2-4,12H,5H2,1H3. The minimum absolute atomic E-state index is 0.242. The zero-order valence-corrected chi connectivity index (χ0v) is 9.21. The van der Waals surface area contributed by atoms with Crippen LogP contribution in [0, 0.1) is 5.82 Å². The van der Waals surface area contributed by atoms with Crippen LogP contribution in [0.25, 0.3) is 10.1 Å². The Bertz CT molecular complexity index is 464. The number of hydrogen-bond acceptors (Lipinski definition) is 3. The molecule has 14 heavy (non-hydrogen) atoms. The molecule has 0 aliphatic carbocycles. The molecule has 2 rings (SSSR count). The van der Waals surface area contributed by atoms with E-state index in [1.165, 1.54) is 11.3 Å². The van der Waals surface area contributed by atoms with Gasteiger partial charge >= 0.3 is 0 Å². The number of thioether (sulfide) groups is 1. The van der Waals surface area contributed by atoms with Crippen LogP contribution < -0.4 is 0 Å². The zero-order chi connectivity index (χ0) is 10.1. The van der Waals surface area contributed by atoms with Crippen LogP contribution in [-0.4, -0.2) is 11.4 Å². The fourth-order valence-corrected chi connectivity index (χ4v) is 2.99. The Morgan fingerprint density at radius 2 is 2.29 bits per heavy atom. The van der Waals surface area contributed by atoms with E-state index in [1.807, 2.05) is 18.4 Å². The van der Waals surface area contributed by atoms with E-state index in [-0.39, 0.29) is 12.4 Å². The molecule has 1 heterocycles. The van der Waals surface area contributed by atoms with Gasteiger partial charge in [-0.25, -0.2) is 4.39 Å². The molecule has 1 nitrogen and oxygen atoms in total. The molecule has 0 aliphatic rings. The SMILES string of the molecule is CSc1cc2ccc(CO)c(F)c2s1. The van der Waals surface area contributed by atoms with E-state index in [0.717, 1.165) is 9.60 Å². The van der Waals surface area contributed by atoms with E-state index < -0.39 is 0 Å². The van der Waals surface area contributed by atoms with Gasteiger partial charge in [0.05, 0.1) is 15.5 Å². The molecule has 1 aromatic carbocycles. The van der Waals surface area contributed by atoms with E-state index >= 15 is 0 Å². The first-order valence-electron chi connectivity index (χ1n) is 4.12. The number of benzene rings is 1. The van der Waals surface area contributed by atoms with E-state index in [2.05, 4.69) is 0 Å². The highest BCUT2D eigenvalue weighted by atomic mass is 32.2. The molecule has 1 aromatic heterocycles. The highest BCUT2D eigenvalue weighted by Gasteiger charge is 2.09. The van der Waals surface area contributed by atoms with Gasteiger partial charge in [-0.3, -0.25) is 0 Å². The summed E-state index contributed by atoms with van der Waals surface area (Å²) in [6.07, 6.45) is 1.97. The second-order valence-corrected chi connectivity index (χ2v) is 5.04. The summed E-state index contributed by atoms with van der Waals surface area (Å²) in [5.41, 5.74) is 0.368. The van der Waals surface area contributed by atoms with Crippen LogP contribution in [0.2, 0.25) is 0 Å². The maximum Gasteiger partial charge on any atom is 0.146 e. The minimum atomic E-state index is -0.282. The van der Waals surface area contributed by atoms with Gasteiger partial charge < -0.3 is 5.11 Å². The van der Waals surface area contributed by atoms with Gasteiger partial charge in [-0.15, -0.1) is 23.1 Å². The van der Waals surface area contributed by atoms with Gasteiger partial charge in [-0.1, -0.05) is 12.1 Å². The van der Waals surface area contributed by atoms with Gasteiger partial charge in [0, 0.05) is 5.56 Å². The molecule has 4 heteroatoms. The Morgan fingerprint density at radius 1 is 1.50 bits per heavy atom. The van der Waals surface area contributed by atoms with Crippen molar-refractivity contribution >= 4 is 33.2 Å². The first-order chi connectivity index (χ1) is 6.76. The van der Waals surface area contributed by atoms with E-state index in [9.17, 15) is 4.39 Å². The van der Waals surface area contributed by atoms with Crippen molar-refractivity contribution in [2.24, 2.45) is 0 Å². The average Bonchev–Trinajstić information content (AvgIpc) is 2.62. The fraction of sp³-hybridized carbons (Fsp3) is 0.200. The summed E-state index contributed by atoms with van der Waals surface area (Å²) in [7, 11) is 0. The van der Waals surface area contributed by atoms with Crippen LogP contribution in [0.1, 0.15) is 5.56 Å². The molecule has 0 saturated heterocycles. The summed E-state index contributed by atoms with van der Waals surface area (Å²) in [5, 5.41) is 9.81. The van der Waals surface area contributed by atoms with Crippen molar-refractivity contribution in [3.63, 3.8) is 0 Å².